The zero-order chi connectivity index (χ0) is 14.2. The third-order valence-electron chi connectivity index (χ3n) is 4.15. The van der Waals surface area contributed by atoms with Crippen LogP contribution < -0.4 is 5.32 Å². The van der Waals surface area contributed by atoms with Crippen LogP contribution in [0.1, 0.15) is 24.8 Å². The van der Waals surface area contributed by atoms with Gasteiger partial charge in [0.15, 0.2) is 0 Å². The molecule has 5 nitrogen and oxygen atoms in total. The Balaban J connectivity index is 0.00000161. The Bertz CT molecular complexity index is 625. The summed E-state index contributed by atoms with van der Waals surface area (Å²) < 4.78 is 27.3. The number of rotatable bonds is 2. The zero-order valence-corrected chi connectivity index (χ0v) is 13.2. The summed E-state index contributed by atoms with van der Waals surface area (Å²) in [7, 11) is -3.46. The average molecular weight is 328 g/mol. The lowest BCUT2D eigenvalue weighted by Crippen LogP contribution is -2.42. The van der Waals surface area contributed by atoms with Crippen molar-refractivity contribution in [2.45, 2.75) is 36.2 Å². The number of halogens is 1. The summed E-state index contributed by atoms with van der Waals surface area (Å²) >= 11 is 0. The van der Waals surface area contributed by atoms with Crippen LogP contribution in [0.4, 0.5) is 0 Å². The van der Waals surface area contributed by atoms with Gasteiger partial charge >= 0.3 is 0 Å². The van der Waals surface area contributed by atoms with Crippen molar-refractivity contribution in [3.8, 4) is 6.07 Å². The maximum Gasteiger partial charge on any atom is 0.243 e. The van der Waals surface area contributed by atoms with Crippen molar-refractivity contribution >= 4 is 22.4 Å². The Morgan fingerprint density at radius 1 is 1.14 bits per heavy atom. The molecule has 1 N–H and O–H groups in total. The van der Waals surface area contributed by atoms with Crippen LogP contribution in [-0.2, 0) is 10.0 Å². The predicted molar refractivity (Wildman–Crippen MR) is 81.7 cm³/mol. The first kappa shape index (κ1) is 16.2. The molecule has 0 aliphatic carbocycles. The number of nitrogens with zero attached hydrogens (tertiary/aromatic N) is 2. The first-order chi connectivity index (χ1) is 9.63. The highest BCUT2D eigenvalue weighted by Crippen LogP contribution is 2.33. The van der Waals surface area contributed by atoms with Crippen LogP contribution in [-0.4, -0.2) is 37.9 Å². The van der Waals surface area contributed by atoms with Crippen LogP contribution >= 0.6 is 12.4 Å². The van der Waals surface area contributed by atoms with Crippen LogP contribution in [0.3, 0.4) is 0 Å². The molecule has 21 heavy (non-hydrogen) atoms. The second kappa shape index (κ2) is 6.32. The fraction of sp³-hybridized carbons (Fsp3) is 0.500. The molecule has 2 aliphatic heterocycles. The van der Waals surface area contributed by atoms with Crippen molar-refractivity contribution in [2.75, 3.05) is 13.1 Å². The molecule has 1 aromatic carbocycles. The Hall–Kier alpha value is -1.13. The number of benzene rings is 1. The molecule has 0 radical (unpaired) electrons. The quantitative estimate of drug-likeness (QED) is 0.893. The monoisotopic (exact) mass is 327 g/mol. The summed E-state index contributed by atoms with van der Waals surface area (Å²) in [6.07, 6.45) is 2.74. The fourth-order valence-corrected chi connectivity index (χ4v) is 5.05. The van der Waals surface area contributed by atoms with E-state index in [1.807, 2.05) is 6.07 Å². The molecular weight excluding hydrogens is 310 g/mol. The minimum atomic E-state index is -3.46. The Morgan fingerprint density at radius 3 is 2.48 bits per heavy atom. The molecule has 2 saturated heterocycles. The second-order valence-electron chi connectivity index (χ2n) is 5.35. The molecule has 0 aromatic heterocycles. The summed E-state index contributed by atoms with van der Waals surface area (Å²) in [5.41, 5.74) is 0.476. The average Bonchev–Trinajstić information content (AvgIpc) is 2.73. The van der Waals surface area contributed by atoms with E-state index >= 15 is 0 Å². The Labute approximate surface area is 131 Å². The Morgan fingerprint density at radius 2 is 1.81 bits per heavy atom. The molecule has 2 heterocycles. The van der Waals surface area contributed by atoms with Gasteiger partial charge in [-0.15, -0.1) is 12.4 Å². The molecule has 2 unspecified atom stereocenters. The van der Waals surface area contributed by atoms with E-state index in [9.17, 15) is 8.42 Å². The lowest BCUT2D eigenvalue weighted by molar-refractivity contribution is 0.334. The molecule has 3 rings (SSSR count). The van der Waals surface area contributed by atoms with Gasteiger partial charge in [-0.3, -0.25) is 0 Å². The number of hydrogen-bond donors (Lipinski definition) is 1. The highest BCUT2D eigenvalue weighted by molar-refractivity contribution is 7.89. The van der Waals surface area contributed by atoms with Crippen molar-refractivity contribution < 1.29 is 8.42 Å². The summed E-state index contributed by atoms with van der Waals surface area (Å²) in [5.74, 6) is 0. The van der Waals surface area contributed by atoms with Gasteiger partial charge in [-0.05, 0) is 50.1 Å². The number of fused-ring (bicyclic) bond motifs is 2. The van der Waals surface area contributed by atoms with Crippen LogP contribution in [0.5, 0.6) is 0 Å². The highest BCUT2D eigenvalue weighted by atomic mass is 35.5. The van der Waals surface area contributed by atoms with Gasteiger partial charge in [-0.25, -0.2) is 8.42 Å². The third-order valence-corrected chi connectivity index (χ3v) is 6.17. The molecule has 0 amide bonds. The van der Waals surface area contributed by atoms with E-state index in [1.165, 1.54) is 12.1 Å². The van der Waals surface area contributed by atoms with E-state index < -0.39 is 10.0 Å². The van der Waals surface area contributed by atoms with Crippen molar-refractivity contribution in [3.05, 3.63) is 29.8 Å². The Kier molecular flexibility index (Phi) is 4.89. The van der Waals surface area contributed by atoms with Crippen LogP contribution in [0.15, 0.2) is 29.2 Å². The second-order valence-corrected chi connectivity index (χ2v) is 7.19. The molecule has 0 saturated carbocycles. The first-order valence-corrected chi connectivity index (χ1v) is 8.31. The minimum Gasteiger partial charge on any atom is -0.315 e. The molecule has 2 bridgehead atoms. The van der Waals surface area contributed by atoms with E-state index in [1.54, 1.807) is 16.4 Å². The van der Waals surface area contributed by atoms with Gasteiger partial charge in [0.05, 0.1) is 16.5 Å². The van der Waals surface area contributed by atoms with Gasteiger partial charge in [0.2, 0.25) is 10.0 Å². The molecular formula is C14H18ClN3O2S. The zero-order valence-electron chi connectivity index (χ0n) is 11.5. The smallest absolute Gasteiger partial charge is 0.243 e. The number of hydrogen-bond acceptors (Lipinski definition) is 4. The predicted octanol–water partition coefficient (Wildman–Crippen LogP) is 1.50. The third kappa shape index (κ3) is 2.92. The van der Waals surface area contributed by atoms with Gasteiger partial charge in [-0.2, -0.15) is 9.57 Å². The summed E-state index contributed by atoms with van der Waals surface area (Å²) in [6.45, 7) is 1.60. The molecule has 114 valence electrons. The first-order valence-electron chi connectivity index (χ1n) is 6.87. The SMILES string of the molecule is Cl.N#Cc1ccc(S(=O)(=O)N2C3CCNCC2CC3)cc1. The summed E-state index contributed by atoms with van der Waals surface area (Å²) in [4.78, 5) is 0.287. The minimum absolute atomic E-state index is 0. The lowest BCUT2D eigenvalue weighted by atomic mass is 10.1. The van der Waals surface area contributed by atoms with E-state index in [4.69, 9.17) is 5.26 Å². The normalized spacial score (nSPS) is 25.7. The molecule has 1 aromatic rings. The van der Waals surface area contributed by atoms with Crippen molar-refractivity contribution in [2.24, 2.45) is 0 Å². The molecule has 2 aliphatic rings. The van der Waals surface area contributed by atoms with Crippen molar-refractivity contribution in [1.29, 1.82) is 5.26 Å². The lowest BCUT2D eigenvalue weighted by Gasteiger charge is -2.26. The van der Waals surface area contributed by atoms with E-state index in [0.717, 1.165) is 32.4 Å². The van der Waals surface area contributed by atoms with Gasteiger partial charge < -0.3 is 5.32 Å². The van der Waals surface area contributed by atoms with Crippen LogP contribution in [0.25, 0.3) is 0 Å². The van der Waals surface area contributed by atoms with Gasteiger partial charge in [0.25, 0.3) is 0 Å². The number of nitrogens with one attached hydrogen (secondary N) is 1. The summed E-state index contributed by atoms with van der Waals surface area (Å²) in [6, 6.07) is 8.36. The highest BCUT2D eigenvalue weighted by Gasteiger charge is 2.42. The van der Waals surface area contributed by atoms with E-state index in [2.05, 4.69) is 5.32 Å². The molecule has 7 heteroatoms. The maximum atomic E-state index is 12.8. The largest absolute Gasteiger partial charge is 0.315 e. The van der Waals surface area contributed by atoms with Gasteiger partial charge in [-0.1, -0.05) is 0 Å². The van der Waals surface area contributed by atoms with E-state index in [0.29, 0.717) is 5.56 Å². The molecule has 2 fully saturated rings. The number of sulfonamides is 1. The van der Waals surface area contributed by atoms with E-state index in [-0.39, 0.29) is 29.4 Å². The standard InChI is InChI=1S/C14H17N3O2S.ClH/c15-9-11-1-5-14(6-2-11)20(18,19)17-12-3-4-13(17)10-16-8-7-12;/h1-2,5-6,12-13,16H,3-4,7-8,10H2;1H. The van der Waals surface area contributed by atoms with Crippen molar-refractivity contribution in [3.63, 3.8) is 0 Å². The van der Waals surface area contributed by atoms with Gasteiger partial charge in [0.1, 0.15) is 0 Å². The summed E-state index contributed by atoms with van der Waals surface area (Å²) in [5, 5.41) is 12.1. The van der Waals surface area contributed by atoms with Crippen LogP contribution in [0, 0.1) is 11.3 Å². The molecule has 0 spiro atoms. The number of nitriles is 1. The van der Waals surface area contributed by atoms with Gasteiger partial charge in [0, 0.05) is 18.6 Å². The van der Waals surface area contributed by atoms with Crippen LogP contribution in [0.2, 0.25) is 0 Å². The fourth-order valence-electron chi connectivity index (χ4n) is 3.15. The molecule has 2 atom stereocenters. The topological polar surface area (TPSA) is 73.2 Å². The maximum absolute atomic E-state index is 12.8. The van der Waals surface area contributed by atoms with Crippen molar-refractivity contribution in [1.82, 2.24) is 9.62 Å².